The van der Waals surface area contributed by atoms with Gasteiger partial charge in [0, 0.05) is 5.69 Å². The van der Waals surface area contributed by atoms with Gasteiger partial charge < -0.3 is 20.5 Å². The predicted octanol–water partition coefficient (Wildman–Crippen LogP) is -0.922. The Hall–Kier alpha value is -1.51. The van der Waals surface area contributed by atoms with E-state index in [0.29, 0.717) is 5.69 Å². The molecule has 96 valence electrons. The smallest absolute Gasteiger partial charge is 0.481 e. The third kappa shape index (κ3) is 4.40. The first-order valence-corrected chi connectivity index (χ1v) is 5.58. The minimum absolute atomic E-state index is 0.224. The Morgan fingerprint density at radius 3 is 2.61 bits per heavy atom. The SMILES string of the molecule is O=C(O)CC(S)C(=O)Nc1cccc(B(O)O)c1. The van der Waals surface area contributed by atoms with E-state index in [9.17, 15) is 9.59 Å². The van der Waals surface area contributed by atoms with Crippen molar-refractivity contribution in [3.8, 4) is 0 Å². The van der Waals surface area contributed by atoms with Gasteiger partial charge in [0.05, 0.1) is 11.7 Å². The van der Waals surface area contributed by atoms with Gasteiger partial charge >= 0.3 is 13.1 Å². The molecule has 4 N–H and O–H groups in total. The summed E-state index contributed by atoms with van der Waals surface area (Å²) >= 11 is 3.87. The van der Waals surface area contributed by atoms with Crippen LogP contribution >= 0.6 is 12.6 Å². The van der Waals surface area contributed by atoms with Crippen molar-refractivity contribution < 1.29 is 24.7 Å². The number of carboxylic acid groups (broad SMARTS) is 1. The summed E-state index contributed by atoms with van der Waals surface area (Å²) < 4.78 is 0. The number of benzene rings is 1. The number of hydrogen-bond donors (Lipinski definition) is 5. The van der Waals surface area contributed by atoms with Crippen LogP contribution in [0.5, 0.6) is 0 Å². The van der Waals surface area contributed by atoms with E-state index in [1.54, 1.807) is 6.07 Å². The van der Waals surface area contributed by atoms with Gasteiger partial charge in [-0.1, -0.05) is 12.1 Å². The standard InChI is InChI=1S/C10H12BNO5S/c13-9(14)5-8(18)10(15)12-7-3-1-2-6(4-7)11(16)17/h1-4,8,16-18H,5H2,(H,12,15)(H,13,14). The van der Waals surface area contributed by atoms with Crippen LogP contribution in [0.3, 0.4) is 0 Å². The molecule has 1 aromatic carbocycles. The maximum Gasteiger partial charge on any atom is 0.488 e. The lowest BCUT2D eigenvalue weighted by Crippen LogP contribution is -2.31. The number of rotatable bonds is 5. The molecule has 1 atom stereocenters. The van der Waals surface area contributed by atoms with Crippen molar-refractivity contribution in [1.29, 1.82) is 0 Å². The molecule has 0 aliphatic heterocycles. The lowest BCUT2D eigenvalue weighted by Gasteiger charge is -2.10. The van der Waals surface area contributed by atoms with Gasteiger partial charge in [-0.2, -0.15) is 12.6 Å². The van der Waals surface area contributed by atoms with E-state index in [1.807, 2.05) is 0 Å². The normalized spacial score (nSPS) is 11.7. The summed E-state index contributed by atoms with van der Waals surface area (Å²) in [5.74, 6) is -1.69. The third-order valence-electron chi connectivity index (χ3n) is 2.12. The number of nitrogens with one attached hydrogen (secondary N) is 1. The minimum Gasteiger partial charge on any atom is -0.481 e. The monoisotopic (exact) mass is 269 g/mol. The maximum absolute atomic E-state index is 11.6. The van der Waals surface area contributed by atoms with Crippen LogP contribution < -0.4 is 10.8 Å². The van der Waals surface area contributed by atoms with Crippen molar-refractivity contribution in [3.63, 3.8) is 0 Å². The van der Waals surface area contributed by atoms with Crippen LogP contribution in [0, 0.1) is 0 Å². The van der Waals surface area contributed by atoms with Crippen LogP contribution in [0.25, 0.3) is 0 Å². The molecule has 0 saturated carbocycles. The molecular weight excluding hydrogens is 257 g/mol. The molecule has 0 bridgehead atoms. The molecule has 6 nitrogen and oxygen atoms in total. The number of anilines is 1. The van der Waals surface area contributed by atoms with Crippen LogP contribution in [0.1, 0.15) is 6.42 Å². The van der Waals surface area contributed by atoms with E-state index >= 15 is 0 Å². The lowest BCUT2D eigenvalue weighted by atomic mass is 9.80. The topological polar surface area (TPSA) is 107 Å². The van der Waals surface area contributed by atoms with Crippen molar-refractivity contribution in [3.05, 3.63) is 24.3 Å². The summed E-state index contributed by atoms with van der Waals surface area (Å²) in [5.41, 5.74) is 0.566. The Morgan fingerprint density at radius 1 is 1.39 bits per heavy atom. The van der Waals surface area contributed by atoms with E-state index in [4.69, 9.17) is 15.2 Å². The average molecular weight is 269 g/mol. The molecule has 1 unspecified atom stereocenters. The molecular formula is C10H12BNO5S. The van der Waals surface area contributed by atoms with Crippen LogP contribution in [-0.2, 0) is 9.59 Å². The summed E-state index contributed by atoms with van der Waals surface area (Å²) in [6, 6.07) is 5.94. The quantitative estimate of drug-likeness (QED) is 0.351. The number of carboxylic acids is 1. The molecule has 1 amide bonds. The number of carbonyl (C=O) groups excluding carboxylic acids is 1. The second-order valence-corrected chi connectivity index (χ2v) is 4.23. The molecule has 1 aromatic rings. The molecule has 0 aliphatic rings. The minimum atomic E-state index is -1.63. The van der Waals surface area contributed by atoms with E-state index in [-0.39, 0.29) is 5.46 Å². The largest absolute Gasteiger partial charge is 0.488 e. The molecule has 0 radical (unpaired) electrons. The second-order valence-electron chi connectivity index (χ2n) is 3.60. The Balaban J connectivity index is 2.69. The number of amides is 1. The van der Waals surface area contributed by atoms with Crippen molar-refractivity contribution in [2.75, 3.05) is 5.32 Å². The molecule has 0 saturated heterocycles. The first kappa shape index (κ1) is 14.6. The highest BCUT2D eigenvalue weighted by atomic mass is 32.1. The van der Waals surface area contributed by atoms with Crippen LogP contribution in [0.4, 0.5) is 5.69 Å². The van der Waals surface area contributed by atoms with Gasteiger partial charge in [-0.15, -0.1) is 0 Å². The Labute approximate surface area is 109 Å². The Kier molecular flexibility index (Phi) is 5.20. The average Bonchev–Trinajstić information content (AvgIpc) is 2.28. The van der Waals surface area contributed by atoms with E-state index in [0.717, 1.165) is 0 Å². The highest BCUT2D eigenvalue weighted by Crippen LogP contribution is 2.09. The Morgan fingerprint density at radius 2 is 2.06 bits per heavy atom. The fourth-order valence-electron chi connectivity index (χ4n) is 1.26. The van der Waals surface area contributed by atoms with Crippen LogP contribution in [0.15, 0.2) is 24.3 Å². The van der Waals surface area contributed by atoms with Gasteiger partial charge in [-0.05, 0) is 17.6 Å². The van der Waals surface area contributed by atoms with Crippen molar-refractivity contribution in [1.82, 2.24) is 0 Å². The van der Waals surface area contributed by atoms with E-state index in [2.05, 4.69) is 17.9 Å². The highest BCUT2D eigenvalue weighted by Gasteiger charge is 2.18. The van der Waals surface area contributed by atoms with Crippen LogP contribution in [0.2, 0.25) is 0 Å². The summed E-state index contributed by atoms with van der Waals surface area (Å²) in [6.45, 7) is 0. The Bertz CT molecular complexity index is 454. The number of carbonyl (C=O) groups is 2. The van der Waals surface area contributed by atoms with E-state index in [1.165, 1.54) is 18.2 Å². The molecule has 0 spiro atoms. The molecule has 1 rings (SSSR count). The fourth-order valence-corrected chi connectivity index (χ4v) is 1.48. The van der Waals surface area contributed by atoms with Gasteiger partial charge in [-0.3, -0.25) is 9.59 Å². The van der Waals surface area contributed by atoms with Crippen molar-refractivity contribution >= 4 is 42.8 Å². The maximum atomic E-state index is 11.6. The number of hydrogen-bond acceptors (Lipinski definition) is 5. The van der Waals surface area contributed by atoms with Gasteiger partial charge in [0.2, 0.25) is 5.91 Å². The highest BCUT2D eigenvalue weighted by molar-refractivity contribution is 7.81. The molecule has 0 heterocycles. The zero-order valence-corrected chi connectivity index (χ0v) is 10.2. The molecule has 0 aromatic heterocycles. The molecule has 0 fully saturated rings. The first-order chi connectivity index (χ1) is 8.40. The second kappa shape index (κ2) is 6.43. The van der Waals surface area contributed by atoms with Gasteiger partial charge in [-0.25, -0.2) is 0 Å². The van der Waals surface area contributed by atoms with Gasteiger partial charge in [0.25, 0.3) is 0 Å². The van der Waals surface area contributed by atoms with Crippen molar-refractivity contribution in [2.24, 2.45) is 0 Å². The summed E-state index contributed by atoms with van der Waals surface area (Å²) in [6.07, 6.45) is -0.392. The summed E-state index contributed by atoms with van der Waals surface area (Å²) in [5, 5.41) is 27.9. The van der Waals surface area contributed by atoms with E-state index < -0.39 is 30.7 Å². The van der Waals surface area contributed by atoms with Gasteiger partial charge in [0.15, 0.2) is 0 Å². The predicted molar refractivity (Wildman–Crippen MR) is 69.9 cm³/mol. The summed E-state index contributed by atoms with van der Waals surface area (Å²) in [4.78, 5) is 22.0. The zero-order chi connectivity index (χ0) is 13.7. The summed E-state index contributed by atoms with van der Waals surface area (Å²) in [7, 11) is -1.63. The number of aliphatic carboxylic acids is 1. The first-order valence-electron chi connectivity index (χ1n) is 5.07. The number of thiol groups is 1. The van der Waals surface area contributed by atoms with Crippen LogP contribution in [-0.4, -0.2) is 39.4 Å². The third-order valence-corrected chi connectivity index (χ3v) is 2.54. The van der Waals surface area contributed by atoms with Crippen molar-refractivity contribution in [2.45, 2.75) is 11.7 Å². The fraction of sp³-hybridized carbons (Fsp3) is 0.200. The molecule has 18 heavy (non-hydrogen) atoms. The molecule has 8 heteroatoms. The van der Waals surface area contributed by atoms with Gasteiger partial charge in [0.1, 0.15) is 0 Å². The molecule has 0 aliphatic carbocycles. The zero-order valence-electron chi connectivity index (χ0n) is 9.28. The lowest BCUT2D eigenvalue weighted by molar-refractivity contribution is -0.138.